The zero-order valence-corrected chi connectivity index (χ0v) is 52.7. The quantitative estimate of drug-likeness (QED) is 0.0284. The first kappa shape index (κ1) is 77.8. The van der Waals surface area contributed by atoms with Gasteiger partial charge < -0.3 is 91.2 Å². The number of phenols is 1. The number of carbonyl (C=O) groups excluding carboxylic acids is 13. The van der Waals surface area contributed by atoms with Gasteiger partial charge in [0.2, 0.25) is 76.8 Å². The summed E-state index contributed by atoms with van der Waals surface area (Å²) in [5.74, 6) is -12.8. The summed E-state index contributed by atoms with van der Waals surface area (Å²) >= 11 is 0. The summed E-state index contributed by atoms with van der Waals surface area (Å²) in [5, 5.41) is 49.2. The SMILES string of the molecule is CC[C@H](C)[C@H](NC(C)=O)C(=O)NCC(=O)N[C@@H](CCC(=O)O)C(=O)NCC(=O)N[C@@H](C)C(=O)N[C@@H](Cc1ccc(O)cc1)C(=O)NCC(=O)N[C@@H](CCCCN)C(=O)N[C@H](C(=O)N[C@@H](Cc1ccccc1)C(=O)N[C@@H](CCCCN)C(=O)N[C@@H](C)C(N)=O)C(C)C. The van der Waals surface area contributed by atoms with E-state index in [-0.39, 0.29) is 43.9 Å². The molecule has 91 heavy (non-hydrogen) atoms. The molecule has 0 aliphatic heterocycles. The molecule has 0 aliphatic carbocycles. The van der Waals surface area contributed by atoms with E-state index in [1.165, 1.54) is 45.0 Å². The number of rotatable bonds is 42. The molecule has 31 nitrogen and oxygen atoms in total. The summed E-state index contributed by atoms with van der Waals surface area (Å²) in [7, 11) is 0. The Kier molecular flexibility index (Phi) is 35.2. The van der Waals surface area contributed by atoms with Gasteiger partial charge in [0.05, 0.1) is 19.6 Å². The molecule has 13 amide bonds. The highest BCUT2D eigenvalue weighted by molar-refractivity contribution is 5.98. The third kappa shape index (κ3) is 30.2. The van der Waals surface area contributed by atoms with Crippen molar-refractivity contribution in [3.8, 4) is 5.75 Å². The molecule has 0 aliphatic rings. The maximum Gasteiger partial charge on any atom is 0.303 e. The molecule has 0 aromatic heterocycles. The zero-order valence-electron chi connectivity index (χ0n) is 52.7. The van der Waals surface area contributed by atoms with Gasteiger partial charge in [0.1, 0.15) is 60.1 Å². The first-order chi connectivity index (χ1) is 43.0. The molecule has 31 heteroatoms. The number of primary amides is 1. The average molecular weight is 1280 g/mol. The maximum atomic E-state index is 14.2. The van der Waals surface area contributed by atoms with Gasteiger partial charge in [-0.25, -0.2) is 0 Å². The van der Waals surface area contributed by atoms with E-state index in [1.54, 1.807) is 58.0 Å². The number of hydrogen-bond acceptors (Lipinski definition) is 17. The van der Waals surface area contributed by atoms with Gasteiger partial charge in [0, 0.05) is 26.2 Å². The van der Waals surface area contributed by atoms with Crippen LogP contribution in [0.5, 0.6) is 5.75 Å². The van der Waals surface area contributed by atoms with E-state index in [2.05, 4.69) is 63.8 Å². The number of aromatic hydroxyl groups is 1. The molecule has 2 aromatic carbocycles. The average Bonchev–Trinajstić information content (AvgIpc) is 1.46. The number of unbranched alkanes of at least 4 members (excludes halogenated alkanes) is 2. The van der Waals surface area contributed by atoms with Crippen molar-refractivity contribution in [3.63, 3.8) is 0 Å². The lowest BCUT2D eigenvalue weighted by atomic mass is 9.98. The molecule has 0 radical (unpaired) electrons. The van der Waals surface area contributed by atoms with Gasteiger partial charge in [-0.15, -0.1) is 0 Å². The van der Waals surface area contributed by atoms with Crippen molar-refractivity contribution in [2.45, 2.75) is 173 Å². The number of hydrogen-bond donors (Lipinski definition) is 17. The molecule has 10 atom stereocenters. The molecule has 0 unspecified atom stereocenters. The fourth-order valence-corrected chi connectivity index (χ4v) is 8.83. The van der Waals surface area contributed by atoms with Crippen LogP contribution < -0.4 is 81.0 Å². The Labute approximate surface area is 528 Å². The molecule has 504 valence electrons. The van der Waals surface area contributed by atoms with E-state index in [0.29, 0.717) is 49.8 Å². The van der Waals surface area contributed by atoms with Gasteiger partial charge in [0.15, 0.2) is 0 Å². The van der Waals surface area contributed by atoms with Crippen LogP contribution in [0.1, 0.15) is 117 Å². The number of nitrogens with two attached hydrogens (primary N) is 3. The van der Waals surface area contributed by atoms with Crippen LogP contribution in [0.15, 0.2) is 54.6 Å². The second-order valence-corrected chi connectivity index (χ2v) is 22.4. The normalized spacial score (nSPS) is 14.2. The Balaban J connectivity index is 2.25. The van der Waals surface area contributed by atoms with Gasteiger partial charge in [-0.05, 0) is 107 Å². The monoisotopic (exact) mass is 1280 g/mol. The van der Waals surface area contributed by atoms with E-state index in [9.17, 15) is 77.3 Å². The van der Waals surface area contributed by atoms with Crippen molar-refractivity contribution >= 4 is 82.8 Å². The lowest BCUT2D eigenvalue weighted by molar-refractivity contribution is -0.138. The van der Waals surface area contributed by atoms with Gasteiger partial charge in [-0.1, -0.05) is 76.6 Å². The Hall–Kier alpha value is -9.26. The van der Waals surface area contributed by atoms with Crippen molar-refractivity contribution in [2.75, 3.05) is 32.7 Å². The molecule has 2 rings (SSSR count). The fraction of sp³-hybridized carbons (Fsp3) is 0.567. The van der Waals surface area contributed by atoms with Crippen molar-refractivity contribution in [1.82, 2.24) is 63.8 Å². The van der Waals surface area contributed by atoms with Crippen LogP contribution in [-0.4, -0.2) is 180 Å². The molecule has 0 spiro atoms. The van der Waals surface area contributed by atoms with E-state index < -0.39 is 176 Å². The predicted molar refractivity (Wildman–Crippen MR) is 332 cm³/mol. The first-order valence-electron chi connectivity index (χ1n) is 30.2. The molecule has 0 fully saturated rings. The van der Waals surface area contributed by atoms with E-state index in [4.69, 9.17) is 17.2 Å². The van der Waals surface area contributed by atoms with Crippen molar-refractivity contribution in [3.05, 3.63) is 65.7 Å². The van der Waals surface area contributed by atoms with Crippen LogP contribution in [0.3, 0.4) is 0 Å². The van der Waals surface area contributed by atoms with Crippen molar-refractivity contribution < 1.29 is 77.3 Å². The molecule has 0 bridgehead atoms. The van der Waals surface area contributed by atoms with Gasteiger partial charge in [-0.3, -0.25) is 67.1 Å². The molecule has 2 aromatic rings. The molecule has 0 saturated heterocycles. The summed E-state index contributed by atoms with van der Waals surface area (Å²) in [6.45, 7) is 9.02. The highest BCUT2D eigenvalue weighted by Gasteiger charge is 2.35. The standard InChI is InChI=1S/C60H93N15O16/c1-8-34(4)51(69-37(7)76)59(90)66-32-48(80)71-43(24-25-49(81)82)54(85)64-30-46(78)67-36(6)53(84)73-44(29-39-20-22-40(77)23-21-39)55(86)65-31-47(79)70-41(18-12-14-26-61)57(88)75-50(33(2)3)60(91)74-45(28-38-16-10-9-11-17-38)58(89)72-42(19-13-15-27-62)56(87)68-35(5)52(63)83/h9-11,16-17,20-23,33-36,41-45,50-51,77H,8,12-15,18-19,24-32,61-62H2,1-7H3,(H2,63,83)(H,64,85)(H,65,86)(H,66,90)(H,67,78)(H,68,87)(H,69,76)(H,70,79)(H,71,80)(H,72,89)(H,73,84)(H,74,91)(H,75,88)(H,81,82)/t34-,35-,36-,41-,42-,43-,44-,45-,50-,51-/m0/s1. The fourth-order valence-electron chi connectivity index (χ4n) is 8.83. The number of benzene rings is 2. The highest BCUT2D eigenvalue weighted by atomic mass is 16.4. The van der Waals surface area contributed by atoms with E-state index in [1.807, 2.05) is 0 Å². The Morgan fingerprint density at radius 1 is 0.451 bits per heavy atom. The predicted octanol–water partition coefficient (Wildman–Crippen LogP) is -3.74. The largest absolute Gasteiger partial charge is 0.508 e. The smallest absolute Gasteiger partial charge is 0.303 e. The third-order valence-electron chi connectivity index (χ3n) is 14.3. The minimum absolute atomic E-state index is 0.0217. The van der Waals surface area contributed by atoms with Crippen LogP contribution in [0.25, 0.3) is 0 Å². The lowest BCUT2D eigenvalue weighted by Gasteiger charge is -2.28. The molecule has 0 saturated carbocycles. The number of amides is 13. The van der Waals surface area contributed by atoms with Gasteiger partial charge in [0.25, 0.3) is 0 Å². The lowest BCUT2D eigenvalue weighted by Crippen LogP contribution is -2.60. The number of phenolic OH excluding ortho intramolecular Hbond substituents is 1. The molecular formula is C60H93N15O16. The van der Waals surface area contributed by atoms with E-state index >= 15 is 0 Å². The summed E-state index contributed by atoms with van der Waals surface area (Å²) in [6.07, 6.45) is 1.10. The topological polar surface area (TPSA) is 502 Å². The third-order valence-corrected chi connectivity index (χ3v) is 14.3. The minimum Gasteiger partial charge on any atom is -0.508 e. The maximum absolute atomic E-state index is 14.2. The molecular weight excluding hydrogens is 1190 g/mol. The van der Waals surface area contributed by atoms with Crippen LogP contribution in [-0.2, 0) is 80.0 Å². The summed E-state index contributed by atoms with van der Waals surface area (Å²) < 4.78 is 0. The molecule has 0 heterocycles. The number of carboxylic acid groups (broad SMARTS) is 1. The van der Waals surface area contributed by atoms with Gasteiger partial charge in [-0.2, -0.15) is 0 Å². The number of carbonyl (C=O) groups is 14. The van der Waals surface area contributed by atoms with Crippen LogP contribution in [0.4, 0.5) is 0 Å². The van der Waals surface area contributed by atoms with Gasteiger partial charge >= 0.3 is 5.97 Å². The van der Waals surface area contributed by atoms with Crippen LogP contribution >= 0.6 is 0 Å². The number of carboxylic acids is 1. The minimum atomic E-state index is -1.50. The Morgan fingerprint density at radius 3 is 1.38 bits per heavy atom. The van der Waals surface area contributed by atoms with Crippen molar-refractivity contribution in [2.24, 2.45) is 29.0 Å². The van der Waals surface area contributed by atoms with Crippen LogP contribution in [0, 0.1) is 11.8 Å². The Morgan fingerprint density at radius 2 is 0.890 bits per heavy atom. The summed E-state index contributed by atoms with van der Waals surface area (Å²) in [6, 6.07) is 2.85. The van der Waals surface area contributed by atoms with Crippen LogP contribution in [0.2, 0.25) is 0 Å². The highest BCUT2D eigenvalue weighted by Crippen LogP contribution is 2.14. The number of aliphatic carboxylic acids is 1. The summed E-state index contributed by atoms with van der Waals surface area (Å²) in [5.41, 5.74) is 17.9. The second-order valence-electron chi connectivity index (χ2n) is 22.4. The molecule has 20 N–H and O–H groups in total. The zero-order chi connectivity index (χ0) is 68.3. The second kappa shape index (κ2) is 41.1. The Bertz CT molecular complexity index is 2790. The number of nitrogens with one attached hydrogen (secondary N) is 12. The first-order valence-corrected chi connectivity index (χ1v) is 30.2. The van der Waals surface area contributed by atoms with Crippen molar-refractivity contribution in [1.29, 1.82) is 0 Å². The summed E-state index contributed by atoms with van der Waals surface area (Å²) in [4.78, 5) is 184. The van der Waals surface area contributed by atoms with E-state index in [0.717, 1.165) is 0 Å².